The van der Waals surface area contributed by atoms with Gasteiger partial charge in [-0.1, -0.05) is 154 Å². The van der Waals surface area contributed by atoms with Crippen LogP contribution in [0, 0.1) is 0 Å². The van der Waals surface area contributed by atoms with E-state index in [1.54, 1.807) is 0 Å². The first-order chi connectivity index (χ1) is 37.5. The Labute approximate surface area is 477 Å². The second-order valence-corrected chi connectivity index (χ2v) is 23.8. The summed E-state index contributed by atoms with van der Waals surface area (Å²) < 4.78 is 10.7. The first kappa shape index (κ1) is 73.9. The van der Waals surface area contributed by atoms with Crippen molar-refractivity contribution in [3.63, 3.8) is 0 Å². The minimum absolute atomic E-state index is 0.150. The normalized spacial score (nSPS) is 12.6. The zero-order valence-corrected chi connectivity index (χ0v) is 51.4. The molecule has 0 spiro atoms. The lowest BCUT2D eigenvalue weighted by atomic mass is 10.1. The summed E-state index contributed by atoms with van der Waals surface area (Å²) in [5.41, 5.74) is -1.20. The zero-order chi connectivity index (χ0) is 57.8. The SMILES string of the molecule is CCCCCCCCC=CCCCCCCCCNC(=O)C(CCCCNC(=O)OC(C)(C)C)NC(=O)CCCCC(=O)NC(CCCCNC(=O)OC(C)(C)C)C(=O)NCCCCCCCCC=CCCCCCCCC. The van der Waals surface area contributed by atoms with E-state index in [1.807, 2.05) is 41.5 Å². The average Bonchev–Trinajstić information content (AvgIpc) is 3.37. The molecule has 0 aliphatic rings. The molecule has 2 atom stereocenters. The molecular formula is C64H120N6O8. The van der Waals surface area contributed by atoms with E-state index >= 15 is 0 Å². The van der Waals surface area contributed by atoms with E-state index in [2.05, 4.69) is 70.1 Å². The predicted molar refractivity (Wildman–Crippen MR) is 323 cm³/mol. The van der Waals surface area contributed by atoms with Crippen molar-refractivity contribution < 1.29 is 38.2 Å². The molecule has 0 aliphatic carbocycles. The average molecular weight is 1100 g/mol. The molecule has 0 rings (SSSR count). The molecule has 6 amide bonds. The highest BCUT2D eigenvalue weighted by Crippen LogP contribution is 2.14. The lowest BCUT2D eigenvalue weighted by Crippen LogP contribution is -2.47. The molecule has 0 heterocycles. The minimum atomic E-state index is -0.716. The van der Waals surface area contributed by atoms with Crippen LogP contribution in [0.4, 0.5) is 9.59 Å². The number of hydrogen-bond acceptors (Lipinski definition) is 8. The largest absolute Gasteiger partial charge is 0.444 e. The van der Waals surface area contributed by atoms with Crippen molar-refractivity contribution in [2.75, 3.05) is 26.2 Å². The third kappa shape index (κ3) is 52.6. The van der Waals surface area contributed by atoms with Crippen molar-refractivity contribution in [2.45, 2.75) is 323 Å². The summed E-state index contributed by atoms with van der Waals surface area (Å²) in [5, 5.41) is 17.5. The van der Waals surface area contributed by atoms with Crippen molar-refractivity contribution in [1.29, 1.82) is 0 Å². The molecule has 2 unspecified atom stereocenters. The minimum Gasteiger partial charge on any atom is -0.444 e. The molecule has 0 fully saturated rings. The van der Waals surface area contributed by atoms with Gasteiger partial charge < -0.3 is 41.4 Å². The topological polar surface area (TPSA) is 193 Å². The highest BCUT2D eigenvalue weighted by Gasteiger charge is 2.23. The summed E-state index contributed by atoms with van der Waals surface area (Å²) in [6, 6.07) is -1.43. The molecule has 14 nitrogen and oxygen atoms in total. The summed E-state index contributed by atoms with van der Waals surface area (Å²) in [4.78, 5) is 77.6. The van der Waals surface area contributed by atoms with E-state index in [1.165, 1.54) is 128 Å². The Morgan fingerprint density at radius 3 is 0.923 bits per heavy atom. The molecule has 0 aromatic heterocycles. The highest BCUT2D eigenvalue weighted by molar-refractivity contribution is 5.88. The van der Waals surface area contributed by atoms with E-state index < -0.39 is 35.5 Å². The van der Waals surface area contributed by atoms with Crippen molar-refractivity contribution in [3.8, 4) is 0 Å². The maximum absolute atomic E-state index is 13.4. The van der Waals surface area contributed by atoms with E-state index in [-0.39, 0.29) is 36.5 Å². The van der Waals surface area contributed by atoms with Crippen LogP contribution in [0.1, 0.15) is 299 Å². The van der Waals surface area contributed by atoms with Gasteiger partial charge in [0, 0.05) is 39.0 Å². The van der Waals surface area contributed by atoms with Crippen molar-refractivity contribution in [3.05, 3.63) is 24.3 Å². The number of ether oxygens (including phenoxy) is 2. The Hall–Kier alpha value is -4.10. The molecule has 0 aliphatic heterocycles. The van der Waals surface area contributed by atoms with Crippen molar-refractivity contribution in [2.24, 2.45) is 0 Å². The van der Waals surface area contributed by atoms with Gasteiger partial charge in [-0.25, -0.2) is 9.59 Å². The maximum Gasteiger partial charge on any atom is 0.407 e. The monoisotopic (exact) mass is 1100 g/mol. The second kappa shape index (κ2) is 51.1. The summed E-state index contributed by atoms with van der Waals surface area (Å²) in [5.74, 6) is -0.951. The van der Waals surface area contributed by atoms with Crippen LogP contribution in [-0.2, 0) is 28.7 Å². The van der Waals surface area contributed by atoms with Gasteiger partial charge in [0.1, 0.15) is 23.3 Å². The number of allylic oxidation sites excluding steroid dienone is 4. The Bertz CT molecular complexity index is 1460. The number of alkyl carbamates (subject to hydrolysis) is 2. The van der Waals surface area contributed by atoms with Gasteiger partial charge in [0.25, 0.3) is 0 Å². The van der Waals surface area contributed by atoms with Crippen LogP contribution in [0.3, 0.4) is 0 Å². The number of carbonyl (C=O) groups is 6. The van der Waals surface area contributed by atoms with Crippen LogP contribution >= 0.6 is 0 Å². The molecule has 0 saturated heterocycles. The quantitative estimate of drug-likeness (QED) is 0.0256. The Balaban J connectivity index is 4.98. The third-order valence-electron chi connectivity index (χ3n) is 13.5. The standard InChI is InChI=1S/C64H120N6O8/c1-9-11-13-15-17-19-21-23-25-27-29-31-33-35-37-43-51-65-59(73)55(47-41-45-53-67-61(75)77-63(3,4)5)69-57(71)49-39-40-50-58(72)70-56(48-42-46-54-68-62(76)78-64(6,7)8)60(74)66-52-44-38-36-34-32-30-28-26-24-22-20-18-16-14-12-10-2/h23-26,55-56H,9-22,27-54H2,1-8H3,(H,65,73)(H,66,74)(H,67,75)(H,68,76)(H,69,71)(H,70,72). The fourth-order valence-corrected chi connectivity index (χ4v) is 9.01. The lowest BCUT2D eigenvalue weighted by molar-refractivity contribution is -0.129. The van der Waals surface area contributed by atoms with Gasteiger partial charge >= 0.3 is 12.2 Å². The fourth-order valence-electron chi connectivity index (χ4n) is 9.01. The Morgan fingerprint density at radius 1 is 0.346 bits per heavy atom. The van der Waals surface area contributed by atoms with Crippen LogP contribution in [0.2, 0.25) is 0 Å². The number of amides is 6. The lowest BCUT2D eigenvalue weighted by Gasteiger charge is -2.20. The van der Waals surface area contributed by atoms with Gasteiger partial charge in [0.05, 0.1) is 0 Å². The Kier molecular flexibility index (Phi) is 48.4. The van der Waals surface area contributed by atoms with Crippen LogP contribution in [0.25, 0.3) is 0 Å². The molecule has 0 aromatic rings. The van der Waals surface area contributed by atoms with Gasteiger partial charge in [0.2, 0.25) is 23.6 Å². The van der Waals surface area contributed by atoms with E-state index in [9.17, 15) is 28.8 Å². The number of rotatable bonds is 51. The fraction of sp³-hybridized carbons (Fsp3) is 0.844. The van der Waals surface area contributed by atoms with E-state index in [0.29, 0.717) is 77.5 Å². The summed E-state index contributed by atoms with van der Waals surface area (Å²) in [6.45, 7) is 17.2. The Morgan fingerprint density at radius 2 is 0.615 bits per heavy atom. The van der Waals surface area contributed by atoms with Crippen LogP contribution < -0.4 is 31.9 Å². The maximum atomic E-state index is 13.4. The number of hydrogen-bond donors (Lipinski definition) is 6. The molecule has 78 heavy (non-hydrogen) atoms. The number of carbonyl (C=O) groups excluding carboxylic acids is 6. The second-order valence-electron chi connectivity index (χ2n) is 23.8. The van der Waals surface area contributed by atoms with Crippen LogP contribution in [-0.4, -0.2) is 85.3 Å². The van der Waals surface area contributed by atoms with Gasteiger partial charge in [-0.05, 0) is 157 Å². The molecule has 0 aromatic carbocycles. The van der Waals surface area contributed by atoms with E-state index in [0.717, 1.165) is 51.4 Å². The zero-order valence-electron chi connectivity index (χ0n) is 51.4. The van der Waals surface area contributed by atoms with Crippen LogP contribution in [0.5, 0.6) is 0 Å². The molecule has 14 heteroatoms. The van der Waals surface area contributed by atoms with Crippen molar-refractivity contribution >= 4 is 35.8 Å². The summed E-state index contributed by atoms with van der Waals surface area (Å²) >= 11 is 0. The first-order valence-electron chi connectivity index (χ1n) is 31.8. The number of unbranched alkanes of at least 4 members (excludes halogenated alkanes) is 27. The van der Waals surface area contributed by atoms with Gasteiger partial charge in [-0.3, -0.25) is 19.2 Å². The molecule has 454 valence electrons. The smallest absolute Gasteiger partial charge is 0.407 e. The molecule has 0 bridgehead atoms. The highest BCUT2D eigenvalue weighted by atomic mass is 16.6. The summed E-state index contributed by atoms with van der Waals surface area (Å²) in [6.07, 6.45) is 46.8. The summed E-state index contributed by atoms with van der Waals surface area (Å²) in [7, 11) is 0. The van der Waals surface area contributed by atoms with Gasteiger partial charge in [0.15, 0.2) is 0 Å². The third-order valence-corrected chi connectivity index (χ3v) is 13.5. The van der Waals surface area contributed by atoms with Crippen molar-refractivity contribution in [1.82, 2.24) is 31.9 Å². The predicted octanol–water partition coefficient (Wildman–Crippen LogP) is 15.2. The molecule has 0 saturated carbocycles. The van der Waals surface area contributed by atoms with E-state index in [4.69, 9.17) is 9.47 Å². The molecule has 0 radical (unpaired) electrons. The van der Waals surface area contributed by atoms with Crippen LogP contribution in [0.15, 0.2) is 24.3 Å². The first-order valence-corrected chi connectivity index (χ1v) is 31.8. The molecule has 6 N–H and O–H groups in total. The number of nitrogens with one attached hydrogen (secondary N) is 6. The van der Waals surface area contributed by atoms with Gasteiger partial charge in [-0.2, -0.15) is 0 Å². The van der Waals surface area contributed by atoms with Gasteiger partial charge in [-0.15, -0.1) is 0 Å². The molecular weight excluding hydrogens is 981 g/mol.